The largest absolute Gasteiger partial charge is 0.508 e. The maximum Gasteiger partial charge on any atom is 0.253 e. The van der Waals surface area contributed by atoms with E-state index in [1.54, 1.807) is 11.0 Å². The molecule has 1 aromatic carbocycles. The SMILES string of the molecule is CCN(CC)C(=O)CC[C@@H]1CC(F)(F)[C@@]2(C)CCC3c4ccc(O)cc4CCC3C12. The first-order valence-electron chi connectivity index (χ1n) is 11.7. The molecule has 0 aliphatic heterocycles. The first-order valence-corrected chi connectivity index (χ1v) is 11.7. The Kier molecular flexibility index (Phi) is 5.61. The lowest BCUT2D eigenvalue weighted by molar-refractivity contribution is -0.133. The second kappa shape index (κ2) is 7.80. The molecule has 4 rings (SSSR count). The monoisotopic (exact) mass is 419 g/mol. The van der Waals surface area contributed by atoms with Crippen molar-refractivity contribution >= 4 is 5.91 Å². The summed E-state index contributed by atoms with van der Waals surface area (Å²) >= 11 is 0. The van der Waals surface area contributed by atoms with Crippen molar-refractivity contribution in [1.29, 1.82) is 0 Å². The number of benzene rings is 1. The first kappa shape index (κ1) is 21.6. The Morgan fingerprint density at radius 2 is 1.97 bits per heavy atom. The van der Waals surface area contributed by atoms with E-state index in [1.807, 2.05) is 32.9 Å². The van der Waals surface area contributed by atoms with E-state index in [-0.39, 0.29) is 35.8 Å². The molecule has 166 valence electrons. The third-order valence-corrected chi connectivity index (χ3v) is 8.67. The van der Waals surface area contributed by atoms with E-state index in [1.165, 1.54) is 11.1 Å². The van der Waals surface area contributed by atoms with Gasteiger partial charge in [0.05, 0.1) is 0 Å². The topological polar surface area (TPSA) is 40.5 Å². The number of rotatable bonds is 5. The van der Waals surface area contributed by atoms with Crippen molar-refractivity contribution in [2.24, 2.45) is 23.2 Å². The van der Waals surface area contributed by atoms with Crippen LogP contribution in [0, 0.1) is 23.2 Å². The molecule has 0 heterocycles. The van der Waals surface area contributed by atoms with Gasteiger partial charge in [0, 0.05) is 31.3 Å². The zero-order valence-corrected chi connectivity index (χ0v) is 18.5. The average Bonchev–Trinajstić information content (AvgIpc) is 2.92. The Bertz CT molecular complexity index is 806. The van der Waals surface area contributed by atoms with Crippen LogP contribution < -0.4 is 0 Å². The minimum absolute atomic E-state index is 0.0438. The number of aryl methyl sites for hydroxylation is 1. The van der Waals surface area contributed by atoms with Gasteiger partial charge >= 0.3 is 0 Å². The number of hydrogen-bond donors (Lipinski definition) is 1. The van der Waals surface area contributed by atoms with Crippen molar-refractivity contribution < 1.29 is 18.7 Å². The van der Waals surface area contributed by atoms with Gasteiger partial charge in [-0.15, -0.1) is 0 Å². The second-order valence-electron chi connectivity index (χ2n) is 9.95. The smallest absolute Gasteiger partial charge is 0.253 e. The summed E-state index contributed by atoms with van der Waals surface area (Å²) in [4.78, 5) is 14.4. The third kappa shape index (κ3) is 3.33. The number of hydrogen-bond acceptors (Lipinski definition) is 2. The molecule has 0 spiro atoms. The number of aromatic hydroxyl groups is 1. The van der Waals surface area contributed by atoms with Gasteiger partial charge in [0.25, 0.3) is 5.92 Å². The number of carbonyl (C=O) groups is 1. The maximum atomic E-state index is 15.3. The number of halogens is 2. The van der Waals surface area contributed by atoms with E-state index in [2.05, 4.69) is 0 Å². The van der Waals surface area contributed by atoms with Crippen LogP contribution in [-0.2, 0) is 11.2 Å². The highest BCUT2D eigenvalue weighted by molar-refractivity contribution is 5.76. The van der Waals surface area contributed by atoms with Gasteiger partial charge in [-0.3, -0.25) is 4.79 Å². The Hall–Kier alpha value is -1.65. The predicted molar refractivity (Wildman–Crippen MR) is 114 cm³/mol. The molecule has 2 saturated carbocycles. The van der Waals surface area contributed by atoms with Crippen molar-refractivity contribution in [3.63, 3.8) is 0 Å². The summed E-state index contributed by atoms with van der Waals surface area (Å²) in [6.07, 6.45) is 3.92. The molecule has 2 fully saturated rings. The molecule has 0 bridgehead atoms. The first-order chi connectivity index (χ1) is 14.2. The van der Waals surface area contributed by atoms with Crippen LogP contribution in [0.3, 0.4) is 0 Å². The molecule has 1 aromatic rings. The van der Waals surface area contributed by atoms with Crippen LogP contribution >= 0.6 is 0 Å². The Morgan fingerprint density at radius 1 is 1.23 bits per heavy atom. The minimum Gasteiger partial charge on any atom is -0.508 e. The van der Waals surface area contributed by atoms with Gasteiger partial charge in [-0.25, -0.2) is 8.78 Å². The van der Waals surface area contributed by atoms with Crippen LogP contribution in [-0.4, -0.2) is 34.9 Å². The molecule has 3 aliphatic carbocycles. The van der Waals surface area contributed by atoms with Crippen molar-refractivity contribution in [3.8, 4) is 5.75 Å². The summed E-state index contributed by atoms with van der Waals surface area (Å²) in [6, 6.07) is 5.59. The molecule has 5 atom stereocenters. The molecule has 1 N–H and O–H groups in total. The number of phenols is 1. The van der Waals surface area contributed by atoms with Crippen molar-refractivity contribution in [3.05, 3.63) is 29.3 Å². The van der Waals surface area contributed by atoms with E-state index in [0.717, 1.165) is 19.3 Å². The standard InChI is InChI=1S/C25H35F2NO2/c1-4-28(5-2)22(30)11-7-17-15-25(26,27)24(3)13-12-20-19-10-8-18(29)14-16(19)6-9-21(20)23(17)24/h8,10,14,17,20-21,23,29H,4-7,9,11-13,15H2,1-3H3/t17-,20?,21?,23?,24+/m1/s1. The van der Waals surface area contributed by atoms with E-state index in [9.17, 15) is 9.90 Å². The van der Waals surface area contributed by atoms with E-state index < -0.39 is 11.3 Å². The summed E-state index contributed by atoms with van der Waals surface area (Å²) in [6.45, 7) is 7.08. The molecule has 0 aromatic heterocycles. The molecule has 30 heavy (non-hydrogen) atoms. The molecule has 0 radical (unpaired) electrons. The fourth-order valence-corrected chi connectivity index (χ4v) is 7.13. The molecule has 5 heteroatoms. The summed E-state index contributed by atoms with van der Waals surface area (Å²) < 4.78 is 30.6. The number of phenolic OH excluding ortho intramolecular Hbond substituents is 1. The maximum absolute atomic E-state index is 15.3. The van der Waals surface area contributed by atoms with Gasteiger partial charge in [0.1, 0.15) is 5.75 Å². The van der Waals surface area contributed by atoms with Gasteiger partial charge in [-0.05, 0) is 92.9 Å². The lowest BCUT2D eigenvalue weighted by atomic mass is 9.53. The van der Waals surface area contributed by atoms with Crippen LogP contribution in [0.4, 0.5) is 8.78 Å². The molecular formula is C25H35F2NO2. The number of amides is 1. The normalized spacial score (nSPS) is 34.0. The molecule has 0 saturated heterocycles. The number of carbonyl (C=O) groups excluding carboxylic acids is 1. The lowest BCUT2D eigenvalue weighted by Crippen LogP contribution is -2.47. The van der Waals surface area contributed by atoms with E-state index >= 15 is 8.78 Å². The van der Waals surface area contributed by atoms with E-state index in [4.69, 9.17) is 0 Å². The van der Waals surface area contributed by atoms with Gasteiger partial charge in [0.15, 0.2) is 0 Å². The third-order valence-electron chi connectivity index (χ3n) is 8.67. The van der Waals surface area contributed by atoms with Crippen LogP contribution in [0.25, 0.3) is 0 Å². The Balaban J connectivity index is 1.60. The quantitative estimate of drug-likeness (QED) is 0.659. The molecule has 3 nitrogen and oxygen atoms in total. The van der Waals surface area contributed by atoms with Crippen LogP contribution in [0.2, 0.25) is 0 Å². The van der Waals surface area contributed by atoms with Crippen molar-refractivity contribution in [1.82, 2.24) is 4.90 Å². The lowest BCUT2D eigenvalue weighted by Gasteiger charge is -2.51. The summed E-state index contributed by atoms with van der Waals surface area (Å²) in [5.74, 6) is -1.90. The zero-order chi connectivity index (χ0) is 21.7. The van der Waals surface area contributed by atoms with Gasteiger partial charge in [-0.2, -0.15) is 0 Å². The van der Waals surface area contributed by atoms with Gasteiger partial charge < -0.3 is 10.0 Å². The predicted octanol–water partition coefficient (Wildman–Crippen LogP) is 5.76. The average molecular weight is 420 g/mol. The number of nitrogens with zero attached hydrogens (tertiary/aromatic N) is 1. The fourth-order valence-electron chi connectivity index (χ4n) is 7.13. The summed E-state index contributed by atoms with van der Waals surface area (Å²) in [5, 5.41) is 9.86. The van der Waals surface area contributed by atoms with Gasteiger partial charge in [-0.1, -0.05) is 13.0 Å². The highest BCUT2D eigenvalue weighted by Crippen LogP contribution is 2.68. The summed E-state index contributed by atoms with van der Waals surface area (Å²) in [7, 11) is 0. The highest BCUT2D eigenvalue weighted by Gasteiger charge is 2.67. The zero-order valence-electron chi connectivity index (χ0n) is 18.5. The van der Waals surface area contributed by atoms with Crippen molar-refractivity contribution in [2.45, 2.75) is 77.6 Å². The highest BCUT2D eigenvalue weighted by atomic mass is 19.3. The molecule has 3 unspecified atom stereocenters. The Labute approximate surface area is 178 Å². The van der Waals surface area contributed by atoms with Gasteiger partial charge in [0.2, 0.25) is 5.91 Å². The van der Waals surface area contributed by atoms with E-state index in [0.29, 0.717) is 38.3 Å². The van der Waals surface area contributed by atoms with Crippen LogP contribution in [0.5, 0.6) is 5.75 Å². The minimum atomic E-state index is -2.67. The van der Waals surface area contributed by atoms with Crippen LogP contribution in [0.15, 0.2) is 18.2 Å². The van der Waals surface area contributed by atoms with Crippen molar-refractivity contribution in [2.75, 3.05) is 13.1 Å². The summed E-state index contributed by atoms with van der Waals surface area (Å²) in [5.41, 5.74) is 1.46. The fraction of sp³-hybridized carbons (Fsp3) is 0.720. The number of fused-ring (bicyclic) bond motifs is 5. The Morgan fingerprint density at radius 3 is 2.67 bits per heavy atom. The molecule has 3 aliphatic rings. The molecular weight excluding hydrogens is 384 g/mol. The second-order valence-corrected chi connectivity index (χ2v) is 9.95. The molecule has 1 amide bonds. The van der Waals surface area contributed by atoms with Crippen LogP contribution in [0.1, 0.15) is 76.3 Å². The number of alkyl halides is 2.